The Kier molecular flexibility index (Phi) is 8.04. The predicted molar refractivity (Wildman–Crippen MR) is 165 cm³/mol. The summed E-state index contributed by atoms with van der Waals surface area (Å²) in [5.74, 6) is 1.23. The van der Waals surface area contributed by atoms with Crippen LogP contribution in [0, 0.1) is 13.8 Å². The Morgan fingerprint density at radius 1 is 0.976 bits per heavy atom. The summed E-state index contributed by atoms with van der Waals surface area (Å²) >= 11 is 9.40. The number of thiazole rings is 1. The lowest BCUT2D eigenvalue weighted by Gasteiger charge is -2.36. The minimum atomic E-state index is -0.0153. The number of thioether (sulfide) groups is 1. The van der Waals surface area contributed by atoms with Crippen LogP contribution in [0.4, 0.5) is 5.69 Å². The predicted octanol–water partition coefficient (Wildman–Crippen LogP) is 6.31. The van der Waals surface area contributed by atoms with Gasteiger partial charge in [0.15, 0.2) is 11.0 Å². The number of piperazine rings is 1. The number of halogens is 1. The number of aryl methyl sites for hydroxylation is 2. The van der Waals surface area contributed by atoms with Crippen molar-refractivity contribution in [3.05, 3.63) is 99.2 Å². The van der Waals surface area contributed by atoms with Crippen molar-refractivity contribution >= 4 is 46.3 Å². The van der Waals surface area contributed by atoms with Gasteiger partial charge >= 0.3 is 0 Å². The van der Waals surface area contributed by atoms with Crippen molar-refractivity contribution in [2.75, 3.05) is 31.1 Å². The Morgan fingerprint density at radius 3 is 2.56 bits per heavy atom. The van der Waals surface area contributed by atoms with Crippen molar-refractivity contribution in [1.82, 2.24) is 29.6 Å². The molecule has 0 unspecified atom stereocenters. The van der Waals surface area contributed by atoms with Crippen molar-refractivity contribution in [2.45, 2.75) is 24.8 Å². The quantitative estimate of drug-likeness (QED) is 0.202. The van der Waals surface area contributed by atoms with Gasteiger partial charge < -0.3 is 9.80 Å². The molecule has 3 aromatic heterocycles. The van der Waals surface area contributed by atoms with Gasteiger partial charge in [-0.1, -0.05) is 47.6 Å². The molecule has 0 bridgehead atoms. The van der Waals surface area contributed by atoms with Crippen LogP contribution in [-0.2, 0) is 5.75 Å². The molecule has 0 saturated carbocycles. The molecular formula is C30H28ClN7OS2. The third kappa shape index (κ3) is 5.86. The van der Waals surface area contributed by atoms with E-state index in [9.17, 15) is 4.79 Å². The Hall–Kier alpha value is -3.73. The van der Waals surface area contributed by atoms with E-state index in [1.807, 2.05) is 52.1 Å². The maximum Gasteiger partial charge on any atom is 0.273 e. The number of carbonyl (C=O) groups is 1. The molecule has 1 fully saturated rings. The molecule has 1 saturated heterocycles. The first-order chi connectivity index (χ1) is 20.0. The summed E-state index contributed by atoms with van der Waals surface area (Å²) in [6.07, 6.45) is 3.50. The molecule has 1 aliphatic heterocycles. The van der Waals surface area contributed by atoms with Gasteiger partial charge in [0, 0.05) is 60.2 Å². The van der Waals surface area contributed by atoms with Crippen molar-refractivity contribution in [3.8, 4) is 17.1 Å². The van der Waals surface area contributed by atoms with Crippen molar-refractivity contribution in [2.24, 2.45) is 0 Å². The number of anilines is 1. The molecule has 8 nitrogen and oxygen atoms in total. The molecule has 2 aromatic carbocycles. The number of rotatable bonds is 7. The van der Waals surface area contributed by atoms with E-state index in [1.54, 1.807) is 12.4 Å². The van der Waals surface area contributed by atoms with Gasteiger partial charge in [-0.3, -0.25) is 14.3 Å². The Labute approximate surface area is 252 Å². The summed E-state index contributed by atoms with van der Waals surface area (Å²) < 4.78 is 2.01. The monoisotopic (exact) mass is 601 g/mol. The molecule has 0 N–H and O–H groups in total. The first-order valence-electron chi connectivity index (χ1n) is 13.3. The first-order valence-corrected chi connectivity index (χ1v) is 15.5. The van der Waals surface area contributed by atoms with E-state index < -0.39 is 0 Å². The third-order valence-electron chi connectivity index (χ3n) is 7.08. The normalized spacial score (nSPS) is 13.5. The van der Waals surface area contributed by atoms with E-state index in [0.717, 1.165) is 34.9 Å². The summed E-state index contributed by atoms with van der Waals surface area (Å²) in [6.45, 7) is 7.12. The minimum absolute atomic E-state index is 0.0153. The number of hydrogen-bond donors (Lipinski definition) is 0. The number of benzene rings is 2. The largest absolute Gasteiger partial charge is 0.368 e. The maximum atomic E-state index is 13.3. The van der Waals surface area contributed by atoms with Crippen molar-refractivity contribution in [1.29, 1.82) is 0 Å². The van der Waals surface area contributed by atoms with E-state index in [0.29, 0.717) is 40.5 Å². The second-order valence-electron chi connectivity index (χ2n) is 9.79. The summed E-state index contributed by atoms with van der Waals surface area (Å²) in [5.41, 5.74) is 5.80. The van der Waals surface area contributed by atoms with Crippen LogP contribution in [0.2, 0.25) is 5.02 Å². The fourth-order valence-corrected chi connectivity index (χ4v) is 6.82. The molecule has 0 spiro atoms. The lowest BCUT2D eigenvalue weighted by molar-refractivity contribution is 0.0741. The highest BCUT2D eigenvalue weighted by molar-refractivity contribution is 7.98. The van der Waals surface area contributed by atoms with Crippen LogP contribution < -0.4 is 4.90 Å². The zero-order valence-electron chi connectivity index (χ0n) is 22.7. The number of hydrogen-bond acceptors (Lipinski definition) is 8. The number of pyridine rings is 1. The summed E-state index contributed by atoms with van der Waals surface area (Å²) in [6, 6.07) is 18.0. The molecule has 4 heterocycles. The van der Waals surface area contributed by atoms with E-state index in [2.05, 4.69) is 51.3 Å². The zero-order valence-corrected chi connectivity index (χ0v) is 25.1. The first kappa shape index (κ1) is 27.4. The highest BCUT2D eigenvalue weighted by Gasteiger charge is 2.25. The van der Waals surface area contributed by atoms with Gasteiger partial charge in [0.1, 0.15) is 10.7 Å². The van der Waals surface area contributed by atoms with Gasteiger partial charge in [0.25, 0.3) is 5.91 Å². The van der Waals surface area contributed by atoms with E-state index in [4.69, 9.17) is 16.6 Å². The lowest BCUT2D eigenvalue weighted by Crippen LogP contribution is -2.49. The zero-order chi connectivity index (χ0) is 28.3. The number of para-hydroxylation sites is 1. The number of nitrogens with zero attached hydrogens (tertiary/aromatic N) is 7. The SMILES string of the molecule is Cc1ccccc1N1CCN(C(=O)c2csc(CSc3nnc(-c4cccnc4)n3-c3cc(Cl)ccc3C)n2)CC1. The topological polar surface area (TPSA) is 80.0 Å². The van der Waals surface area contributed by atoms with Gasteiger partial charge in [0.2, 0.25) is 0 Å². The summed E-state index contributed by atoms with van der Waals surface area (Å²) in [7, 11) is 0. The molecule has 0 atom stereocenters. The van der Waals surface area contributed by atoms with Crippen molar-refractivity contribution in [3.63, 3.8) is 0 Å². The van der Waals surface area contributed by atoms with E-state index in [1.165, 1.54) is 34.3 Å². The van der Waals surface area contributed by atoms with Gasteiger partial charge in [0.05, 0.1) is 11.4 Å². The molecule has 208 valence electrons. The van der Waals surface area contributed by atoms with Crippen LogP contribution in [-0.4, -0.2) is 61.7 Å². The third-order valence-corrected chi connectivity index (χ3v) is 9.29. The van der Waals surface area contributed by atoms with Gasteiger partial charge in [-0.05, 0) is 55.3 Å². The molecule has 1 amide bonds. The van der Waals surface area contributed by atoms with Crippen LogP contribution >= 0.6 is 34.7 Å². The smallest absolute Gasteiger partial charge is 0.273 e. The minimum Gasteiger partial charge on any atom is -0.368 e. The lowest BCUT2D eigenvalue weighted by atomic mass is 10.1. The highest BCUT2D eigenvalue weighted by atomic mass is 35.5. The molecule has 11 heteroatoms. The second kappa shape index (κ2) is 12.0. The average molecular weight is 602 g/mol. The molecular weight excluding hydrogens is 574 g/mol. The van der Waals surface area contributed by atoms with Crippen LogP contribution in [0.5, 0.6) is 0 Å². The molecule has 0 aliphatic carbocycles. The van der Waals surface area contributed by atoms with Crippen LogP contribution in [0.3, 0.4) is 0 Å². The molecule has 5 aromatic rings. The van der Waals surface area contributed by atoms with Crippen LogP contribution in [0.15, 0.2) is 77.5 Å². The van der Waals surface area contributed by atoms with E-state index in [-0.39, 0.29) is 5.91 Å². The second-order valence-corrected chi connectivity index (χ2v) is 12.1. The Balaban J connectivity index is 1.16. The molecule has 1 aliphatic rings. The number of amides is 1. The molecule has 41 heavy (non-hydrogen) atoms. The summed E-state index contributed by atoms with van der Waals surface area (Å²) in [4.78, 5) is 26.5. The fourth-order valence-electron chi connectivity index (χ4n) is 4.92. The van der Waals surface area contributed by atoms with Gasteiger partial charge in [-0.25, -0.2) is 4.98 Å². The molecule has 0 radical (unpaired) electrons. The fraction of sp³-hybridized carbons (Fsp3) is 0.233. The summed E-state index contributed by atoms with van der Waals surface area (Å²) in [5, 5.41) is 13.1. The van der Waals surface area contributed by atoms with Crippen LogP contribution in [0.25, 0.3) is 17.1 Å². The maximum absolute atomic E-state index is 13.3. The van der Waals surface area contributed by atoms with Crippen molar-refractivity contribution < 1.29 is 4.79 Å². The van der Waals surface area contributed by atoms with Crippen LogP contribution in [0.1, 0.15) is 26.6 Å². The average Bonchev–Trinajstić information content (AvgIpc) is 3.65. The van der Waals surface area contributed by atoms with Gasteiger partial charge in [-0.2, -0.15) is 0 Å². The number of carbonyl (C=O) groups excluding carboxylic acids is 1. The van der Waals surface area contributed by atoms with E-state index >= 15 is 0 Å². The highest BCUT2D eigenvalue weighted by Crippen LogP contribution is 2.32. The number of aromatic nitrogens is 5. The standard InChI is InChI=1S/C30H28ClN7OS2/c1-20-6-3-4-8-25(20)36-12-14-37(15-13-36)29(39)24-18-40-27(33-24)19-41-30-35-34-28(22-7-5-11-32-17-22)38(30)26-16-23(31)10-9-21(26)2/h3-11,16-18H,12-15,19H2,1-2H3. The molecule has 6 rings (SSSR count). The Morgan fingerprint density at radius 2 is 1.78 bits per heavy atom. The Bertz CT molecular complexity index is 1680. The van der Waals surface area contributed by atoms with Gasteiger partial charge in [-0.15, -0.1) is 21.5 Å².